The van der Waals surface area contributed by atoms with Crippen LogP contribution in [0.4, 0.5) is 11.6 Å². The first-order valence-electron chi connectivity index (χ1n) is 9.47. The van der Waals surface area contributed by atoms with Gasteiger partial charge in [-0.1, -0.05) is 0 Å². The number of pyridine rings is 1. The molecular formula is C19H24N6O3. The molecule has 1 N–H and O–H groups in total. The zero-order chi connectivity index (χ0) is 19.7. The SMILES string of the molecule is CCOc1nccc(C)c1Nc1ncc2c(n1)n(C1CCOCC1)c(=O)n2C. The van der Waals surface area contributed by atoms with E-state index < -0.39 is 0 Å². The third-order valence-corrected chi connectivity index (χ3v) is 5.03. The van der Waals surface area contributed by atoms with Crippen LogP contribution < -0.4 is 15.7 Å². The van der Waals surface area contributed by atoms with Gasteiger partial charge in [-0.05, 0) is 38.3 Å². The molecule has 0 amide bonds. The minimum Gasteiger partial charge on any atom is -0.476 e. The normalized spacial score (nSPS) is 15.1. The summed E-state index contributed by atoms with van der Waals surface area (Å²) in [6, 6.07) is 1.97. The van der Waals surface area contributed by atoms with E-state index >= 15 is 0 Å². The summed E-state index contributed by atoms with van der Waals surface area (Å²) in [6.07, 6.45) is 4.97. The van der Waals surface area contributed by atoms with Gasteiger partial charge in [0.15, 0.2) is 5.65 Å². The smallest absolute Gasteiger partial charge is 0.330 e. The van der Waals surface area contributed by atoms with E-state index in [1.807, 2.05) is 19.9 Å². The summed E-state index contributed by atoms with van der Waals surface area (Å²) in [5.41, 5.74) is 2.93. The molecule has 4 rings (SSSR count). The number of rotatable bonds is 5. The third kappa shape index (κ3) is 3.22. The highest BCUT2D eigenvalue weighted by Gasteiger charge is 2.23. The van der Waals surface area contributed by atoms with E-state index in [1.54, 1.807) is 28.6 Å². The topological polar surface area (TPSA) is 96.1 Å². The van der Waals surface area contributed by atoms with Crippen LogP contribution in [0.5, 0.6) is 5.88 Å². The molecule has 0 aliphatic carbocycles. The van der Waals surface area contributed by atoms with Crippen molar-refractivity contribution in [3.8, 4) is 5.88 Å². The summed E-state index contributed by atoms with van der Waals surface area (Å²) >= 11 is 0. The van der Waals surface area contributed by atoms with Crippen LogP contribution in [-0.4, -0.2) is 43.9 Å². The van der Waals surface area contributed by atoms with Gasteiger partial charge in [-0.15, -0.1) is 0 Å². The van der Waals surface area contributed by atoms with Crippen molar-refractivity contribution < 1.29 is 9.47 Å². The fourth-order valence-electron chi connectivity index (χ4n) is 3.51. The van der Waals surface area contributed by atoms with Crippen LogP contribution in [0.3, 0.4) is 0 Å². The lowest BCUT2D eigenvalue weighted by Gasteiger charge is -2.22. The lowest BCUT2D eigenvalue weighted by atomic mass is 10.1. The Labute approximate surface area is 162 Å². The average molecular weight is 384 g/mol. The number of anilines is 2. The van der Waals surface area contributed by atoms with Crippen molar-refractivity contribution in [2.75, 3.05) is 25.1 Å². The largest absolute Gasteiger partial charge is 0.476 e. The van der Waals surface area contributed by atoms with Gasteiger partial charge in [0.05, 0.1) is 12.8 Å². The van der Waals surface area contributed by atoms with Crippen LogP contribution >= 0.6 is 0 Å². The van der Waals surface area contributed by atoms with E-state index in [0.29, 0.717) is 42.8 Å². The van der Waals surface area contributed by atoms with Gasteiger partial charge >= 0.3 is 5.69 Å². The first-order valence-corrected chi connectivity index (χ1v) is 9.47. The summed E-state index contributed by atoms with van der Waals surface area (Å²) in [5, 5.41) is 3.22. The zero-order valence-corrected chi connectivity index (χ0v) is 16.3. The summed E-state index contributed by atoms with van der Waals surface area (Å²) in [5.74, 6) is 0.900. The molecule has 0 spiro atoms. The second-order valence-electron chi connectivity index (χ2n) is 6.82. The van der Waals surface area contributed by atoms with Gasteiger partial charge in [0.1, 0.15) is 11.2 Å². The standard InChI is InChI=1S/C19H24N6O3/c1-4-28-17-15(12(2)5-8-20-17)22-18-21-11-14-16(23-18)25(19(26)24(14)3)13-6-9-27-10-7-13/h5,8,11,13H,4,6-7,9-10H2,1-3H3,(H,21,22,23). The van der Waals surface area contributed by atoms with Crippen molar-refractivity contribution in [1.29, 1.82) is 0 Å². The highest BCUT2D eigenvalue weighted by molar-refractivity contribution is 5.74. The van der Waals surface area contributed by atoms with Gasteiger partial charge < -0.3 is 14.8 Å². The molecule has 1 saturated heterocycles. The predicted molar refractivity (Wildman–Crippen MR) is 105 cm³/mol. The molecule has 3 aromatic heterocycles. The first kappa shape index (κ1) is 18.4. The number of hydrogen-bond acceptors (Lipinski definition) is 7. The first-order chi connectivity index (χ1) is 13.6. The monoisotopic (exact) mass is 384 g/mol. The summed E-state index contributed by atoms with van der Waals surface area (Å²) < 4.78 is 14.4. The molecule has 0 bridgehead atoms. The number of hydrogen-bond donors (Lipinski definition) is 1. The minimum absolute atomic E-state index is 0.0758. The number of aromatic nitrogens is 5. The molecule has 1 aliphatic heterocycles. The molecule has 9 heteroatoms. The van der Waals surface area contributed by atoms with E-state index in [4.69, 9.17) is 9.47 Å². The maximum Gasteiger partial charge on any atom is 0.330 e. The Hall–Kier alpha value is -2.94. The maximum atomic E-state index is 12.8. The van der Waals surface area contributed by atoms with Gasteiger partial charge in [-0.3, -0.25) is 9.13 Å². The summed E-state index contributed by atoms with van der Waals surface area (Å²) in [6.45, 7) is 5.68. The number of nitrogens with zero attached hydrogens (tertiary/aromatic N) is 5. The van der Waals surface area contributed by atoms with Gasteiger partial charge in [0.2, 0.25) is 11.8 Å². The molecule has 0 aromatic carbocycles. The van der Waals surface area contributed by atoms with Crippen LogP contribution in [0.1, 0.15) is 31.4 Å². The number of aryl methyl sites for hydroxylation is 2. The Morgan fingerprint density at radius 3 is 2.86 bits per heavy atom. The van der Waals surface area contributed by atoms with Crippen molar-refractivity contribution in [3.05, 3.63) is 34.5 Å². The molecule has 3 aromatic rings. The minimum atomic E-state index is -0.0825. The van der Waals surface area contributed by atoms with E-state index in [9.17, 15) is 4.79 Å². The van der Waals surface area contributed by atoms with Gasteiger partial charge in [0.25, 0.3) is 0 Å². The molecule has 4 heterocycles. The van der Waals surface area contributed by atoms with Gasteiger partial charge in [-0.25, -0.2) is 14.8 Å². The lowest BCUT2D eigenvalue weighted by molar-refractivity contribution is 0.0695. The Morgan fingerprint density at radius 2 is 2.11 bits per heavy atom. The van der Waals surface area contributed by atoms with Gasteiger partial charge in [0, 0.05) is 32.5 Å². The molecule has 1 fully saturated rings. The molecule has 1 aliphatic rings. The van der Waals surface area contributed by atoms with Crippen molar-refractivity contribution in [2.24, 2.45) is 7.05 Å². The molecule has 28 heavy (non-hydrogen) atoms. The van der Waals surface area contributed by atoms with Crippen LogP contribution in [0, 0.1) is 6.92 Å². The van der Waals surface area contributed by atoms with Crippen molar-refractivity contribution >= 4 is 22.8 Å². The molecule has 0 radical (unpaired) electrons. The predicted octanol–water partition coefficient (Wildman–Crippen LogP) is 2.33. The molecule has 0 saturated carbocycles. The average Bonchev–Trinajstić information content (AvgIpc) is 2.95. The third-order valence-electron chi connectivity index (χ3n) is 5.03. The highest BCUT2D eigenvalue weighted by Crippen LogP contribution is 2.29. The fraction of sp³-hybridized carbons (Fsp3) is 0.474. The van der Waals surface area contributed by atoms with Crippen LogP contribution in [-0.2, 0) is 11.8 Å². The van der Waals surface area contributed by atoms with Crippen molar-refractivity contribution in [1.82, 2.24) is 24.1 Å². The second kappa shape index (κ2) is 7.59. The van der Waals surface area contributed by atoms with Crippen LogP contribution in [0.2, 0.25) is 0 Å². The number of imidazole rings is 1. The molecule has 148 valence electrons. The summed E-state index contributed by atoms with van der Waals surface area (Å²) in [4.78, 5) is 26.2. The van der Waals surface area contributed by atoms with E-state index in [0.717, 1.165) is 24.1 Å². The van der Waals surface area contributed by atoms with Crippen molar-refractivity contribution in [2.45, 2.75) is 32.7 Å². The Kier molecular flexibility index (Phi) is 4.99. The molecule has 0 atom stereocenters. The number of fused-ring (bicyclic) bond motifs is 1. The lowest BCUT2D eigenvalue weighted by Crippen LogP contribution is -2.30. The Morgan fingerprint density at radius 1 is 1.32 bits per heavy atom. The fourth-order valence-corrected chi connectivity index (χ4v) is 3.51. The second-order valence-corrected chi connectivity index (χ2v) is 6.82. The maximum absolute atomic E-state index is 12.8. The van der Waals surface area contributed by atoms with Crippen LogP contribution in [0.15, 0.2) is 23.3 Å². The zero-order valence-electron chi connectivity index (χ0n) is 16.3. The number of ether oxygens (including phenoxy) is 2. The van der Waals surface area contributed by atoms with E-state index in [-0.39, 0.29) is 11.7 Å². The number of nitrogens with one attached hydrogen (secondary N) is 1. The molecule has 9 nitrogen and oxygen atoms in total. The molecule has 0 unspecified atom stereocenters. The van der Waals surface area contributed by atoms with E-state index in [1.165, 1.54) is 0 Å². The van der Waals surface area contributed by atoms with E-state index in [2.05, 4.69) is 20.3 Å². The van der Waals surface area contributed by atoms with Gasteiger partial charge in [-0.2, -0.15) is 4.98 Å². The highest BCUT2D eigenvalue weighted by atomic mass is 16.5. The summed E-state index contributed by atoms with van der Waals surface area (Å²) in [7, 11) is 1.75. The Balaban J connectivity index is 1.77. The van der Waals surface area contributed by atoms with Crippen LogP contribution in [0.25, 0.3) is 11.2 Å². The quantitative estimate of drug-likeness (QED) is 0.721. The Bertz CT molecular complexity index is 1050. The van der Waals surface area contributed by atoms with Crippen molar-refractivity contribution in [3.63, 3.8) is 0 Å². The molecular weight excluding hydrogens is 360 g/mol.